The lowest BCUT2D eigenvalue weighted by molar-refractivity contribution is 0.433. The van der Waals surface area contributed by atoms with Crippen molar-refractivity contribution in [2.75, 3.05) is 5.73 Å². The Kier molecular flexibility index (Phi) is 4.28. The zero-order chi connectivity index (χ0) is 14.7. The fraction of sp³-hybridized carbons (Fsp3) is 0.500. The summed E-state index contributed by atoms with van der Waals surface area (Å²) in [6.45, 7) is 2.21. The molecule has 3 heteroatoms. The summed E-state index contributed by atoms with van der Waals surface area (Å²) < 4.78 is 1.94. The molecule has 1 heterocycles. The van der Waals surface area contributed by atoms with Crippen molar-refractivity contribution in [1.82, 2.24) is 9.78 Å². The monoisotopic (exact) mass is 283 g/mol. The van der Waals surface area contributed by atoms with Gasteiger partial charge in [-0.15, -0.1) is 0 Å². The van der Waals surface area contributed by atoms with Crippen LogP contribution in [0.25, 0.3) is 5.69 Å². The fourth-order valence-corrected chi connectivity index (χ4v) is 3.46. The second-order valence-corrected chi connectivity index (χ2v) is 6.08. The highest BCUT2D eigenvalue weighted by Gasteiger charge is 2.24. The molecule has 0 radical (unpaired) electrons. The lowest BCUT2D eigenvalue weighted by Gasteiger charge is -2.20. The standard InChI is InChI=1S/C18H25N3/c1-2-9-16-17(14-10-5-3-6-11-14)20-21(18(16)19)15-12-7-4-8-13-15/h4,7-8,12-14H,2-3,5-6,9-11,19H2,1H3. The number of nitrogens with zero attached hydrogens (tertiary/aromatic N) is 2. The Hall–Kier alpha value is -1.77. The van der Waals surface area contributed by atoms with Gasteiger partial charge in [0.2, 0.25) is 0 Å². The quantitative estimate of drug-likeness (QED) is 0.900. The van der Waals surface area contributed by atoms with Crippen molar-refractivity contribution >= 4 is 5.82 Å². The second kappa shape index (κ2) is 6.33. The molecular weight excluding hydrogens is 258 g/mol. The molecule has 0 saturated heterocycles. The number of anilines is 1. The zero-order valence-corrected chi connectivity index (χ0v) is 12.9. The SMILES string of the molecule is CCCc1c(C2CCCCC2)nn(-c2ccccc2)c1N. The molecule has 1 aliphatic carbocycles. The topological polar surface area (TPSA) is 43.8 Å². The highest BCUT2D eigenvalue weighted by atomic mass is 15.3. The van der Waals surface area contributed by atoms with Gasteiger partial charge in [-0.2, -0.15) is 5.10 Å². The summed E-state index contributed by atoms with van der Waals surface area (Å²) >= 11 is 0. The molecule has 3 nitrogen and oxygen atoms in total. The average Bonchev–Trinajstić information content (AvgIpc) is 2.87. The molecule has 1 aromatic heterocycles. The molecule has 0 spiro atoms. The maximum atomic E-state index is 6.43. The number of rotatable bonds is 4. The largest absolute Gasteiger partial charge is 0.383 e. The van der Waals surface area contributed by atoms with Crippen LogP contribution in [0.3, 0.4) is 0 Å². The van der Waals surface area contributed by atoms with Crippen LogP contribution in [0.2, 0.25) is 0 Å². The van der Waals surface area contributed by atoms with Gasteiger partial charge in [-0.25, -0.2) is 4.68 Å². The maximum Gasteiger partial charge on any atom is 0.130 e. The first-order valence-electron chi connectivity index (χ1n) is 8.24. The van der Waals surface area contributed by atoms with Gasteiger partial charge in [-0.05, 0) is 31.4 Å². The number of hydrogen-bond acceptors (Lipinski definition) is 2. The smallest absolute Gasteiger partial charge is 0.130 e. The van der Waals surface area contributed by atoms with E-state index in [4.69, 9.17) is 10.8 Å². The van der Waals surface area contributed by atoms with E-state index in [1.807, 2.05) is 22.9 Å². The van der Waals surface area contributed by atoms with Crippen LogP contribution in [-0.4, -0.2) is 9.78 Å². The summed E-state index contributed by atoms with van der Waals surface area (Å²) in [4.78, 5) is 0. The lowest BCUT2D eigenvalue weighted by Crippen LogP contribution is -2.08. The molecular formula is C18H25N3. The molecule has 3 rings (SSSR count). The van der Waals surface area contributed by atoms with E-state index in [0.29, 0.717) is 5.92 Å². The van der Waals surface area contributed by atoms with Crippen LogP contribution in [0.5, 0.6) is 0 Å². The first-order valence-corrected chi connectivity index (χ1v) is 8.24. The molecule has 2 N–H and O–H groups in total. The molecule has 2 aromatic rings. The van der Waals surface area contributed by atoms with Gasteiger partial charge in [0.15, 0.2) is 0 Å². The van der Waals surface area contributed by atoms with E-state index in [9.17, 15) is 0 Å². The molecule has 1 aliphatic rings. The van der Waals surface area contributed by atoms with Crippen LogP contribution in [0.1, 0.15) is 62.6 Å². The first-order chi connectivity index (χ1) is 10.3. The van der Waals surface area contributed by atoms with Gasteiger partial charge in [0, 0.05) is 11.5 Å². The molecule has 1 fully saturated rings. The number of para-hydroxylation sites is 1. The van der Waals surface area contributed by atoms with Gasteiger partial charge < -0.3 is 5.73 Å². The van der Waals surface area contributed by atoms with Crippen LogP contribution in [0, 0.1) is 0 Å². The predicted molar refractivity (Wildman–Crippen MR) is 87.8 cm³/mol. The van der Waals surface area contributed by atoms with Crippen molar-refractivity contribution < 1.29 is 0 Å². The fourth-order valence-electron chi connectivity index (χ4n) is 3.46. The van der Waals surface area contributed by atoms with Gasteiger partial charge >= 0.3 is 0 Å². The lowest BCUT2D eigenvalue weighted by atomic mass is 9.85. The van der Waals surface area contributed by atoms with Crippen molar-refractivity contribution in [2.24, 2.45) is 0 Å². The van der Waals surface area contributed by atoms with E-state index in [-0.39, 0.29) is 0 Å². The van der Waals surface area contributed by atoms with Gasteiger partial charge in [0.1, 0.15) is 5.82 Å². The Labute approximate surface area is 127 Å². The number of hydrogen-bond donors (Lipinski definition) is 1. The normalized spacial score (nSPS) is 16.2. The van der Waals surface area contributed by atoms with Crippen LogP contribution in [0.15, 0.2) is 30.3 Å². The minimum Gasteiger partial charge on any atom is -0.383 e. The Bertz CT molecular complexity index is 580. The average molecular weight is 283 g/mol. The van der Waals surface area contributed by atoms with Crippen LogP contribution < -0.4 is 5.73 Å². The second-order valence-electron chi connectivity index (χ2n) is 6.08. The Morgan fingerprint density at radius 1 is 1.14 bits per heavy atom. The van der Waals surface area contributed by atoms with Crippen LogP contribution in [0.4, 0.5) is 5.82 Å². The summed E-state index contributed by atoms with van der Waals surface area (Å²) in [5, 5.41) is 4.91. The minimum absolute atomic E-state index is 0.604. The molecule has 1 saturated carbocycles. The van der Waals surface area contributed by atoms with Gasteiger partial charge in [-0.3, -0.25) is 0 Å². The number of benzene rings is 1. The molecule has 0 atom stereocenters. The van der Waals surface area contributed by atoms with E-state index < -0.39 is 0 Å². The van der Waals surface area contributed by atoms with Crippen LogP contribution in [-0.2, 0) is 6.42 Å². The molecule has 0 unspecified atom stereocenters. The third-order valence-corrected chi connectivity index (χ3v) is 4.55. The molecule has 0 aliphatic heterocycles. The van der Waals surface area contributed by atoms with Crippen LogP contribution >= 0.6 is 0 Å². The predicted octanol–water partition coefficient (Wildman–Crippen LogP) is 4.45. The highest BCUT2D eigenvalue weighted by Crippen LogP contribution is 2.36. The zero-order valence-electron chi connectivity index (χ0n) is 12.9. The van der Waals surface area contributed by atoms with Crippen molar-refractivity contribution in [3.8, 4) is 5.69 Å². The number of nitrogen functional groups attached to an aromatic ring is 1. The summed E-state index contributed by atoms with van der Waals surface area (Å²) in [5.74, 6) is 1.44. The molecule has 1 aromatic carbocycles. The van der Waals surface area contributed by atoms with Gasteiger partial charge in [0.05, 0.1) is 11.4 Å². The molecule has 112 valence electrons. The minimum atomic E-state index is 0.604. The Balaban J connectivity index is 2.02. The molecule has 0 bridgehead atoms. The van der Waals surface area contributed by atoms with Crippen molar-refractivity contribution in [3.63, 3.8) is 0 Å². The molecule has 0 amide bonds. The molecule has 21 heavy (non-hydrogen) atoms. The summed E-state index contributed by atoms with van der Waals surface area (Å²) in [7, 11) is 0. The third kappa shape index (κ3) is 2.82. The van der Waals surface area contributed by atoms with E-state index in [2.05, 4.69) is 19.1 Å². The summed E-state index contributed by atoms with van der Waals surface area (Å²) in [5.41, 5.74) is 10.0. The van der Waals surface area contributed by atoms with Crippen molar-refractivity contribution in [3.05, 3.63) is 41.6 Å². The summed E-state index contributed by atoms with van der Waals surface area (Å²) in [6.07, 6.45) is 8.70. The van der Waals surface area contributed by atoms with E-state index in [0.717, 1.165) is 24.3 Å². The van der Waals surface area contributed by atoms with E-state index in [1.165, 1.54) is 43.4 Å². The first kappa shape index (κ1) is 14.2. The van der Waals surface area contributed by atoms with Crippen molar-refractivity contribution in [1.29, 1.82) is 0 Å². The Morgan fingerprint density at radius 3 is 2.52 bits per heavy atom. The van der Waals surface area contributed by atoms with Gasteiger partial charge in [0.25, 0.3) is 0 Å². The van der Waals surface area contributed by atoms with Gasteiger partial charge in [-0.1, -0.05) is 50.8 Å². The number of nitrogens with two attached hydrogens (primary N) is 1. The van der Waals surface area contributed by atoms with E-state index >= 15 is 0 Å². The number of aromatic nitrogens is 2. The maximum absolute atomic E-state index is 6.43. The van der Waals surface area contributed by atoms with Crippen molar-refractivity contribution in [2.45, 2.75) is 57.8 Å². The highest BCUT2D eigenvalue weighted by molar-refractivity contribution is 5.51. The third-order valence-electron chi connectivity index (χ3n) is 4.55. The summed E-state index contributed by atoms with van der Waals surface area (Å²) in [6, 6.07) is 10.2. The Morgan fingerprint density at radius 2 is 1.86 bits per heavy atom. The van der Waals surface area contributed by atoms with E-state index in [1.54, 1.807) is 0 Å².